The summed E-state index contributed by atoms with van der Waals surface area (Å²) in [5.74, 6) is -0.937. The Bertz CT molecular complexity index is 1350. The van der Waals surface area contributed by atoms with Crippen LogP contribution in [0.3, 0.4) is 0 Å². The maximum Gasteiger partial charge on any atom is 0.277 e. The highest BCUT2D eigenvalue weighted by Crippen LogP contribution is 2.35. The zero-order valence-electron chi connectivity index (χ0n) is 18.8. The van der Waals surface area contributed by atoms with Gasteiger partial charge in [0.25, 0.3) is 5.91 Å². The zero-order valence-corrected chi connectivity index (χ0v) is 19.6. The van der Waals surface area contributed by atoms with Gasteiger partial charge in [0.1, 0.15) is 22.7 Å². The summed E-state index contributed by atoms with van der Waals surface area (Å²) in [7, 11) is 0. The predicted molar refractivity (Wildman–Crippen MR) is 130 cm³/mol. The van der Waals surface area contributed by atoms with E-state index in [1.54, 1.807) is 46.0 Å². The van der Waals surface area contributed by atoms with E-state index in [2.05, 4.69) is 10.4 Å². The Balaban J connectivity index is 1.52. The second kappa shape index (κ2) is 8.53. The van der Waals surface area contributed by atoms with Crippen LogP contribution in [0.5, 0.6) is 0 Å². The molecule has 0 aliphatic carbocycles. The fraction of sp³-hybridized carbons (Fsp3) is 0.192. The predicted octanol–water partition coefficient (Wildman–Crippen LogP) is 4.79. The van der Waals surface area contributed by atoms with Crippen LogP contribution in [0.1, 0.15) is 28.5 Å². The first-order valence-corrected chi connectivity index (χ1v) is 11.8. The molecule has 0 bridgehead atoms. The van der Waals surface area contributed by atoms with Crippen molar-refractivity contribution >= 4 is 28.8 Å². The highest BCUT2D eigenvalue weighted by molar-refractivity contribution is 7.13. The molecule has 1 aliphatic heterocycles. The molecule has 0 spiro atoms. The monoisotopic (exact) mass is 474 g/mol. The minimum Gasteiger partial charge on any atom is -0.350 e. The number of amides is 2. The van der Waals surface area contributed by atoms with Gasteiger partial charge in [0.15, 0.2) is 0 Å². The molecular weight excluding hydrogens is 451 g/mol. The minimum atomic E-state index is -1.22. The third-order valence-electron chi connectivity index (χ3n) is 6.07. The average molecular weight is 475 g/mol. The second-order valence-corrected chi connectivity index (χ2v) is 9.56. The highest BCUT2D eigenvalue weighted by Gasteiger charge is 2.48. The van der Waals surface area contributed by atoms with E-state index in [0.29, 0.717) is 17.1 Å². The van der Waals surface area contributed by atoms with Crippen LogP contribution in [0.25, 0.3) is 10.6 Å². The topological polar surface area (TPSA) is 67.2 Å². The van der Waals surface area contributed by atoms with Gasteiger partial charge in [0.05, 0.1) is 11.4 Å². The van der Waals surface area contributed by atoms with Gasteiger partial charge in [-0.15, -0.1) is 11.3 Å². The molecule has 0 radical (unpaired) electrons. The van der Waals surface area contributed by atoms with Gasteiger partial charge in [-0.25, -0.2) is 4.39 Å². The molecule has 1 N–H and O–H groups in total. The summed E-state index contributed by atoms with van der Waals surface area (Å²) < 4.78 is 14.9. The largest absolute Gasteiger partial charge is 0.350 e. The van der Waals surface area contributed by atoms with Crippen LogP contribution in [0.15, 0.2) is 72.1 Å². The molecule has 0 fully saturated rings. The van der Waals surface area contributed by atoms with Crippen LogP contribution in [-0.4, -0.2) is 27.1 Å². The second-order valence-electron chi connectivity index (χ2n) is 8.61. The zero-order chi connectivity index (χ0) is 23.9. The molecule has 172 valence electrons. The Kier molecular flexibility index (Phi) is 5.53. The summed E-state index contributed by atoms with van der Waals surface area (Å²) in [6.07, 6.45) is 0. The number of hydrogen-bond donors (Lipinski definition) is 1. The number of nitrogens with one attached hydrogen (secondary N) is 1. The van der Waals surface area contributed by atoms with Crippen LogP contribution in [-0.2, 0) is 17.9 Å². The number of halogens is 1. The molecule has 0 saturated carbocycles. The lowest BCUT2D eigenvalue weighted by Gasteiger charge is -2.43. The lowest BCUT2D eigenvalue weighted by Crippen LogP contribution is -2.64. The fourth-order valence-electron chi connectivity index (χ4n) is 4.20. The SMILES string of the molecule is Cc1ccc(N2C(=O)c3cc(-c4cccs4)nn3C[C@@]2(C)C(=O)NCc2ccc(F)cc2)cc1. The highest BCUT2D eigenvalue weighted by atomic mass is 32.1. The average Bonchev–Trinajstić information content (AvgIpc) is 3.50. The van der Waals surface area contributed by atoms with Crippen molar-refractivity contribution in [3.63, 3.8) is 0 Å². The maximum absolute atomic E-state index is 13.8. The fourth-order valence-corrected chi connectivity index (χ4v) is 4.88. The van der Waals surface area contributed by atoms with Gasteiger partial charge in [0.2, 0.25) is 5.91 Å². The molecule has 6 nitrogen and oxygen atoms in total. The number of rotatable bonds is 5. The van der Waals surface area contributed by atoms with Gasteiger partial charge >= 0.3 is 0 Å². The Morgan fingerprint density at radius 3 is 2.56 bits per heavy atom. The molecule has 2 aromatic heterocycles. The number of aryl methyl sites for hydroxylation is 1. The molecular formula is C26H23FN4O2S. The van der Waals surface area contributed by atoms with E-state index < -0.39 is 5.54 Å². The molecule has 2 aromatic carbocycles. The quantitative estimate of drug-likeness (QED) is 0.452. The third kappa shape index (κ3) is 3.90. The molecule has 2 amide bonds. The molecule has 1 atom stereocenters. The molecule has 4 aromatic rings. The van der Waals surface area contributed by atoms with E-state index in [9.17, 15) is 14.0 Å². The van der Waals surface area contributed by atoms with Crippen molar-refractivity contribution in [3.05, 3.63) is 94.7 Å². The number of benzene rings is 2. The van der Waals surface area contributed by atoms with Crippen molar-refractivity contribution < 1.29 is 14.0 Å². The number of nitrogens with zero attached hydrogens (tertiary/aromatic N) is 3. The Hall–Kier alpha value is -3.78. The number of carbonyl (C=O) groups is 2. The van der Waals surface area contributed by atoms with Crippen molar-refractivity contribution in [2.75, 3.05) is 4.90 Å². The van der Waals surface area contributed by atoms with Gasteiger partial charge in [-0.1, -0.05) is 35.9 Å². The van der Waals surface area contributed by atoms with E-state index in [4.69, 9.17) is 0 Å². The van der Waals surface area contributed by atoms with E-state index in [1.807, 2.05) is 48.7 Å². The van der Waals surface area contributed by atoms with Gasteiger partial charge in [0, 0.05) is 12.2 Å². The Morgan fingerprint density at radius 1 is 1.15 bits per heavy atom. The Morgan fingerprint density at radius 2 is 1.88 bits per heavy atom. The summed E-state index contributed by atoms with van der Waals surface area (Å²) >= 11 is 1.55. The van der Waals surface area contributed by atoms with Crippen molar-refractivity contribution in [1.29, 1.82) is 0 Å². The van der Waals surface area contributed by atoms with Crippen LogP contribution >= 0.6 is 11.3 Å². The lowest BCUT2D eigenvalue weighted by atomic mass is 9.93. The number of aromatic nitrogens is 2. The van der Waals surface area contributed by atoms with Gasteiger partial charge in [-0.3, -0.25) is 19.2 Å². The van der Waals surface area contributed by atoms with Gasteiger partial charge in [-0.05, 0) is 61.2 Å². The van der Waals surface area contributed by atoms with E-state index >= 15 is 0 Å². The van der Waals surface area contributed by atoms with Gasteiger partial charge < -0.3 is 5.32 Å². The molecule has 8 heteroatoms. The molecule has 5 rings (SSSR count). The van der Waals surface area contributed by atoms with Gasteiger partial charge in [-0.2, -0.15) is 5.10 Å². The smallest absolute Gasteiger partial charge is 0.277 e. The summed E-state index contributed by atoms with van der Waals surface area (Å²) in [5, 5.41) is 9.54. The first-order valence-electron chi connectivity index (χ1n) is 10.9. The van der Waals surface area contributed by atoms with Crippen LogP contribution in [0, 0.1) is 12.7 Å². The molecule has 0 saturated heterocycles. The lowest BCUT2D eigenvalue weighted by molar-refractivity contribution is -0.126. The molecule has 3 heterocycles. The molecule has 1 aliphatic rings. The summed E-state index contributed by atoms with van der Waals surface area (Å²) in [6, 6.07) is 19.2. The first kappa shape index (κ1) is 22.0. The Labute approximate surface area is 200 Å². The van der Waals surface area contributed by atoms with E-state index in [1.165, 1.54) is 12.1 Å². The van der Waals surface area contributed by atoms with E-state index in [-0.39, 0.29) is 30.7 Å². The molecule has 34 heavy (non-hydrogen) atoms. The number of hydrogen-bond acceptors (Lipinski definition) is 4. The standard InChI is InChI=1S/C26H23FN4O2S/c1-17-5-11-20(12-6-17)31-24(32)22-14-21(23-4-3-13-34-23)29-30(22)16-26(31,2)25(33)28-15-18-7-9-19(27)10-8-18/h3-14H,15-16H2,1-2H3,(H,28,33)/t26-/m0/s1. The van der Waals surface area contributed by atoms with Crippen molar-refractivity contribution in [1.82, 2.24) is 15.1 Å². The summed E-state index contributed by atoms with van der Waals surface area (Å²) in [6.45, 7) is 4.14. The summed E-state index contributed by atoms with van der Waals surface area (Å²) in [4.78, 5) is 29.9. The van der Waals surface area contributed by atoms with Crippen LogP contribution in [0.4, 0.5) is 10.1 Å². The number of fused-ring (bicyclic) bond motifs is 1. The van der Waals surface area contributed by atoms with Crippen LogP contribution in [0.2, 0.25) is 0 Å². The van der Waals surface area contributed by atoms with Crippen molar-refractivity contribution in [2.24, 2.45) is 0 Å². The van der Waals surface area contributed by atoms with E-state index in [0.717, 1.165) is 16.0 Å². The summed E-state index contributed by atoms with van der Waals surface area (Å²) in [5.41, 5.74) is 2.38. The maximum atomic E-state index is 13.8. The normalized spacial score (nSPS) is 17.5. The molecule has 0 unspecified atom stereocenters. The third-order valence-corrected chi connectivity index (χ3v) is 6.97. The number of thiophene rings is 1. The number of carbonyl (C=O) groups excluding carboxylic acids is 2. The van der Waals surface area contributed by atoms with Crippen molar-refractivity contribution in [3.8, 4) is 10.6 Å². The van der Waals surface area contributed by atoms with Crippen LogP contribution < -0.4 is 10.2 Å². The number of anilines is 1. The first-order chi connectivity index (χ1) is 16.3. The van der Waals surface area contributed by atoms with Crippen molar-refractivity contribution in [2.45, 2.75) is 32.5 Å². The minimum absolute atomic E-state index is 0.197.